The Kier molecular flexibility index (Phi) is 4.92. The predicted molar refractivity (Wildman–Crippen MR) is 89.4 cm³/mol. The van der Waals surface area contributed by atoms with Crippen molar-refractivity contribution >= 4 is 56.3 Å². The van der Waals surface area contributed by atoms with E-state index >= 15 is 0 Å². The first kappa shape index (κ1) is 15.9. The summed E-state index contributed by atoms with van der Waals surface area (Å²) in [5.41, 5.74) is 6.66. The highest BCUT2D eigenvalue weighted by molar-refractivity contribution is 9.10. The number of benzene rings is 2. The van der Waals surface area contributed by atoms with Gasteiger partial charge < -0.3 is 11.1 Å². The lowest BCUT2D eigenvalue weighted by molar-refractivity contribution is 0.102. The molecule has 21 heavy (non-hydrogen) atoms. The molecule has 2 aromatic rings. The van der Waals surface area contributed by atoms with E-state index in [0.29, 0.717) is 20.7 Å². The molecule has 1 amide bonds. The van der Waals surface area contributed by atoms with E-state index in [1.54, 1.807) is 18.2 Å². The first-order chi connectivity index (χ1) is 9.86. The highest BCUT2D eigenvalue weighted by Gasteiger charge is 2.11. The summed E-state index contributed by atoms with van der Waals surface area (Å²) < 4.78 is 13.8. The van der Waals surface area contributed by atoms with Crippen LogP contribution in [0.2, 0.25) is 5.02 Å². The SMILES string of the molecule is NC(=S)c1ccc(NC(=O)c2cc(F)cc(Br)c2)c(Cl)c1. The largest absolute Gasteiger partial charge is 0.389 e. The topological polar surface area (TPSA) is 55.1 Å². The van der Waals surface area contributed by atoms with E-state index in [-0.39, 0.29) is 10.6 Å². The van der Waals surface area contributed by atoms with E-state index < -0.39 is 11.7 Å². The average molecular weight is 388 g/mol. The van der Waals surface area contributed by atoms with Gasteiger partial charge in [-0.1, -0.05) is 39.7 Å². The second kappa shape index (κ2) is 6.51. The van der Waals surface area contributed by atoms with Crippen LogP contribution in [0.1, 0.15) is 15.9 Å². The van der Waals surface area contributed by atoms with Crippen LogP contribution in [0.3, 0.4) is 0 Å². The van der Waals surface area contributed by atoms with Crippen molar-refractivity contribution in [2.75, 3.05) is 5.32 Å². The van der Waals surface area contributed by atoms with E-state index in [1.165, 1.54) is 12.1 Å². The van der Waals surface area contributed by atoms with Gasteiger partial charge in [0.2, 0.25) is 0 Å². The van der Waals surface area contributed by atoms with Crippen LogP contribution in [0.25, 0.3) is 0 Å². The molecule has 0 unspecified atom stereocenters. The van der Waals surface area contributed by atoms with Gasteiger partial charge in [0.1, 0.15) is 10.8 Å². The molecular weight excluding hydrogens is 379 g/mol. The van der Waals surface area contributed by atoms with Crippen LogP contribution in [0, 0.1) is 5.82 Å². The van der Waals surface area contributed by atoms with E-state index in [9.17, 15) is 9.18 Å². The summed E-state index contributed by atoms with van der Waals surface area (Å²) in [6.45, 7) is 0. The van der Waals surface area contributed by atoms with E-state index in [0.717, 1.165) is 6.07 Å². The molecule has 0 aliphatic carbocycles. The molecule has 2 rings (SSSR count). The van der Waals surface area contributed by atoms with Crippen LogP contribution in [-0.4, -0.2) is 10.9 Å². The van der Waals surface area contributed by atoms with E-state index in [4.69, 9.17) is 29.6 Å². The molecule has 0 aromatic heterocycles. The second-order valence-electron chi connectivity index (χ2n) is 4.17. The second-order valence-corrected chi connectivity index (χ2v) is 5.93. The maximum atomic E-state index is 13.3. The fourth-order valence-corrected chi connectivity index (χ4v) is 2.47. The molecule has 0 spiro atoms. The third-order valence-corrected chi connectivity index (χ3v) is 3.63. The molecule has 108 valence electrons. The van der Waals surface area contributed by atoms with E-state index in [1.807, 2.05) is 0 Å². The number of nitrogens with one attached hydrogen (secondary N) is 1. The Morgan fingerprint density at radius 3 is 2.52 bits per heavy atom. The van der Waals surface area contributed by atoms with E-state index in [2.05, 4.69) is 21.2 Å². The van der Waals surface area contributed by atoms with Gasteiger partial charge in [-0.2, -0.15) is 0 Å². The number of hydrogen-bond donors (Lipinski definition) is 2. The number of anilines is 1. The minimum Gasteiger partial charge on any atom is -0.389 e. The minimum atomic E-state index is -0.510. The summed E-state index contributed by atoms with van der Waals surface area (Å²) in [5, 5.41) is 2.90. The molecule has 7 heteroatoms. The molecule has 2 aromatic carbocycles. The van der Waals surface area contributed by atoms with Crippen molar-refractivity contribution in [1.29, 1.82) is 0 Å². The number of rotatable bonds is 3. The molecule has 3 nitrogen and oxygen atoms in total. The summed E-state index contributed by atoms with van der Waals surface area (Å²) in [6, 6.07) is 8.70. The van der Waals surface area contributed by atoms with Gasteiger partial charge in [-0.05, 0) is 36.4 Å². The molecular formula is C14H9BrClFN2OS. The molecule has 3 N–H and O–H groups in total. The minimum absolute atomic E-state index is 0.177. The summed E-state index contributed by atoms with van der Waals surface area (Å²) in [6.07, 6.45) is 0. The fourth-order valence-electron chi connectivity index (χ4n) is 1.65. The Labute approximate surface area is 139 Å². The molecule has 0 heterocycles. The lowest BCUT2D eigenvalue weighted by Crippen LogP contribution is -2.14. The first-order valence-corrected chi connectivity index (χ1v) is 7.31. The zero-order valence-electron chi connectivity index (χ0n) is 10.5. The number of hydrogen-bond acceptors (Lipinski definition) is 2. The van der Waals surface area contributed by atoms with Crippen LogP contribution in [0.15, 0.2) is 40.9 Å². The zero-order valence-corrected chi connectivity index (χ0v) is 13.7. The standard InChI is InChI=1S/C14H9BrClFN2OS/c15-9-3-8(4-10(17)6-9)14(20)19-12-2-1-7(13(18)21)5-11(12)16/h1-6H,(H2,18,21)(H,19,20). The monoisotopic (exact) mass is 386 g/mol. The zero-order chi connectivity index (χ0) is 15.6. The maximum absolute atomic E-state index is 13.3. The van der Waals surface area contributed by atoms with Gasteiger partial charge >= 0.3 is 0 Å². The van der Waals surface area contributed by atoms with Gasteiger partial charge in [-0.3, -0.25) is 4.79 Å². The van der Waals surface area contributed by atoms with Gasteiger partial charge in [-0.25, -0.2) is 4.39 Å². The van der Waals surface area contributed by atoms with Crippen LogP contribution < -0.4 is 11.1 Å². The lowest BCUT2D eigenvalue weighted by atomic mass is 10.1. The van der Waals surface area contributed by atoms with Crippen LogP contribution in [-0.2, 0) is 0 Å². The Morgan fingerprint density at radius 1 is 1.24 bits per heavy atom. The summed E-state index contributed by atoms with van der Waals surface area (Å²) in [7, 11) is 0. The normalized spacial score (nSPS) is 10.2. The smallest absolute Gasteiger partial charge is 0.255 e. The quantitative estimate of drug-likeness (QED) is 0.779. The number of carbonyl (C=O) groups is 1. The number of carbonyl (C=O) groups excluding carboxylic acids is 1. The molecule has 0 fully saturated rings. The number of halogens is 3. The predicted octanol–water partition coefficient (Wildman–Crippen LogP) is 4.13. The molecule has 0 aliphatic rings. The third-order valence-electron chi connectivity index (χ3n) is 2.63. The Balaban J connectivity index is 2.25. The van der Waals surface area contributed by atoms with Gasteiger partial charge in [0.25, 0.3) is 5.91 Å². The molecule has 0 saturated heterocycles. The van der Waals surface area contributed by atoms with Crippen molar-refractivity contribution in [1.82, 2.24) is 0 Å². The van der Waals surface area contributed by atoms with Gasteiger partial charge in [-0.15, -0.1) is 0 Å². The Bertz CT molecular complexity index is 719. The van der Waals surface area contributed by atoms with Crippen LogP contribution >= 0.6 is 39.7 Å². The Morgan fingerprint density at radius 2 is 1.95 bits per heavy atom. The fraction of sp³-hybridized carbons (Fsp3) is 0. The van der Waals surface area contributed by atoms with Crippen LogP contribution in [0.5, 0.6) is 0 Å². The highest BCUT2D eigenvalue weighted by atomic mass is 79.9. The number of nitrogens with two attached hydrogens (primary N) is 1. The average Bonchev–Trinajstić information content (AvgIpc) is 2.39. The van der Waals surface area contributed by atoms with Crippen molar-refractivity contribution in [2.24, 2.45) is 5.73 Å². The molecule has 0 bridgehead atoms. The highest BCUT2D eigenvalue weighted by Crippen LogP contribution is 2.24. The maximum Gasteiger partial charge on any atom is 0.255 e. The van der Waals surface area contributed by atoms with Crippen molar-refractivity contribution < 1.29 is 9.18 Å². The summed E-state index contributed by atoms with van der Waals surface area (Å²) in [4.78, 5) is 12.3. The van der Waals surface area contributed by atoms with Crippen molar-refractivity contribution in [3.05, 3.63) is 62.8 Å². The number of thiocarbonyl (C=S) groups is 1. The number of amides is 1. The first-order valence-electron chi connectivity index (χ1n) is 5.73. The van der Waals surface area contributed by atoms with Crippen molar-refractivity contribution in [3.63, 3.8) is 0 Å². The van der Waals surface area contributed by atoms with Crippen LogP contribution in [0.4, 0.5) is 10.1 Å². The molecule has 0 aliphatic heterocycles. The summed E-state index contributed by atoms with van der Waals surface area (Å²) >= 11 is 14.0. The lowest BCUT2D eigenvalue weighted by Gasteiger charge is -2.09. The summed E-state index contributed by atoms with van der Waals surface area (Å²) in [5.74, 6) is -0.982. The molecule has 0 radical (unpaired) electrons. The molecule has 0 saturated carbocycles. The van der Waals surface area contributed by atoms with Gasteiger partial charge in [0, 0.05) is 15.6 Å². The van der Waals surface area contributed by atoms with Gasteiger partial charge in [0.05, 0.1) is 10.7 Å². The van der Waals surface area contributed by atoms with Crippen molar-refractivity contribution in [2.45, 2.75) is 0 Å². The Hall–Kier alpha value is -1.50. The molecule has 0 atom stereocenters. The van der Waals surface area contributed by atoms with Crippen molar-refractivity contribution in [3.8, 4) is 0 Å². The third kappa shape index (κ3) is 4.00. The van der Waals surface area contributed by atoms with Gasteiger partial charge in [0.15, 0.2) is 0 Å².